The number of hydrogen-bond donors (Lipinski definition) is 0. The number of carbonyl (C=O) groups excluding carboxylic acids is 1. The first kappa shape index (κ1) is 20.5. The van der Waals surface area contributed by atoms with Crippen molar-refractivity contribution in [2.45, 2.75) is 26.3 Å². The van der Waals surface area contributed by atoms with Crippen LogP contribution in [0.5, 0.6) is 0 Å². The highest BCUT2D eigenvalue weighted by molar-refractivity contribution is 6.01. The number of anilines is 1. The van der Waals surface area contributed by atoms with Crippen LogP contribution in [0.2, 0.25) is 0 Å². The molecule has 0 aliphatic carbocycles. The van der Waals surface area contributed by atoms with Gasteiger partial charge in [0.15, 0.2) is 0 Å². The number of fused-ring (bicyclic) bond motifs is 1. The number of carbonyl (C=O) groups is 1. The van der Waals surface area contributed by atoms with Gasteiger partial charge in [-0.2, -0.15) is 0 Å². The quantitative estimate of drug-likeness (QED) is 0.627. The second kappa shape index (κ2) is 7.93. The molecule has 8 heteroatoms. The van der Waals surface area contributed by atoms with Crippen LogP contribution in [0.4, 0.5) is 14.7 Å². The molecule has 2 aliphatic rings. The fraction of sp³-hybridized carbons (Fsp3) is 0.333. The van der Waals surface area contributed by atoms with E-state index in [1.54, 1.807) is 4.90 Å². The molecule has 2 aromatic heterocycles. The Balaban J connectivity index is 1.43. The molecule has 164 valence electrons. The molecule has 1 aromatic carbocycles. The molecule has 0 N–H and O–H groups in total. The Hall–Kier alpha value is -3.42. The molecule has 0 unspecified atom stereocenters. The minimum absolute atomic E-state index is 0.0286. The molecule has 3 aromatic rings. The van der Waals surface area contributed by atoms with Gasteiger partial charge in [-0.05, 0) is 44.5 Å². The van der Waals surface area contributed by atoms with Crippen LogP contribution in [-0.2, 0) is 0 Å². The molecule has 2 atom stereocenters. The summed E-state index contributed by atoms with van der Waals surface area (Å²) < 4.78 is 29.3. The molecule has 0 saturated carbocycles. The minimum Gasteiger partial charge on any atom is -0.336 e. The van der Waals surface area contributed by atoms with Crippen molar-refractivity contribution in [2.24, 2.45) is 5.92 Å². The molecule has 0 spiro atoms. The first-order valence-electron chi connectivity index (χ1n) is 10.7. The van der Waals surface area contributed by atoms with Gasteiger partial charge in [0.2, 0.25) is 5.95 Å². The van der Waals surface area contributed by atoms with Crippen molar-refractivity contribution in [1.82, 2.24) is 19.9 Å². The van der Waals surface area contributed by atoms with Crippen LogP contribution < -0.4 is 4.90 Å². The molecule has 0 radical (unpaired) electrons. The van der Waals surface area contributed by atoms with Gasteiger partial charge in [-0.3, -0.25) is 9.78 Å². The molecule has 6 nitrogen and oxygen atoms in total. The van der Waals surface area contributed by atoms with Crippen LogP contribution in [0.15, 0.2) is 42.6 Å². The zero-order valence-corrected chi connectivity index (χ0v) is 17.9. The zero-order chi connectivity index (χ0) is 22.4. The topological polar surface area (TPSA) is 62.2 Å². The summed E-state index contributed by atoms with van der Waals surface area (Å²) in [5.74, 6) is -0.613. The Morgan fingerprint density at radius 3 is 2.53 bits per heavy atom. The number of pyridine rings is 1. The monoisotopic (exact) mass is 435 g/mol. The molecular weight excluding hydrogens is 412 g/mol. The standard InChI is InChI=1S/C24H23F2N5O/c1-14-11-15(2)29-24(28-14)31-12-16-8-10-30(13-20(16)31)23(32)21-17(5-3-6-18(21)25)22-19(26)7-4-9-27-22/h3-7,9,11,16,20H,8,10,12-13H2,1-2H3/t16-,20-/m0/s1. The number of piperidine rings is 1. The lowest BCUT2D eigenvalue weighted by molar-refractivity contribution is 0.0585. The van der Waals surface area contributed by atoms with Gasteiger partial charge < -0.3 is 9.80 Å². The van der Waals surface area contributed by atoms with Crippen LogP contribution in [-0.4, -0.2) is 51.4 Å². The van der Waals surface area contributed by atoms with Crippen LogP contribution in [0.25, 0.3) is 11.3 Å². The number of benzene rings is 1. The van der Waals surface area contributed by atoms with Gasteiger partial charge in [-0.25, -0.2) is 18.7 Å². The average molecular weight is 435 g/mol. The van der Waals surface area contributed by atoms with Crippen LogP contribution >= 0.6 is 0 Å². The maximum Gasteiger partial charge on any atom is 0.257 e. The molecule has 2 saturated heterocycles. The highest BCUT2D eigenvalue weighted by Crippen LogP contribution is 2.36. The van der Waals surface area contributed by atoms with Crippen molar-refractivity contribution in [3.05, 3.63) is 71.2 Å². The summed E-state index contributed by atoms with van der Waals surface area (Å²) in [7, 11) is 0. The lowest BCUT2D eigenvalue weighted by Gasteiger charge is -2.53. The second-order valence-corrected chi connectivity index (χ2v) is 8.47. The van der Waals surface area contributed by atoms with E-state index in [9.17, 15) is 13.6 Å². The predicted molar refractivity (Wildman–Crippen MR) is 116 cm³/mol. The number of amides is 1. The predicted octanol–water partition coefficient (Wildman–Crippen LogP) is 3.78. The lowest BCUT2D eigenvalue weighted by Crippen LogP contribution is -2.65. The van der Waals surface area contributed by atoms with Crippen molar-refractivity contribution in [3.63, 3.8) is 0 Å². The van der Waals surface area contributed by atoms with Crippen molar-refractivity contribution in [2.75, 3.05) is 24.5 Å². The van der Waals surface area contributed by atoms with Crippen LogP contribution in [0.3, 0.4) is 0 Å². The summed E-state index contributed by atoms with van der Waals surface area (Å²) in [5.41, 5.74) is 1.79. The summed E-state index contributed by atoms with van der Waals surface area (Å²) in [6, 6.07) is 8.95. The molecule has 2 aliphatic heterocycles. The third-order valence-corrected chi connectivity index (χ3v) is 6.31. The van der Waals surface area contributed by atoms with E-state index in [1.165, 1.54) is 36.5 Å². The van der Waals surface area contributed by atoms with E-state index in [2.05, 4.69) is 19.9 Å². The van der Waals surface area contributed by atoms with Crippen LogP contribution in [0, 0.1) is 31.4 Å². The summed E-state index contributed by atoms with van der Waals surface area (Å²) in [5, 5.41) is 0. The molecular formula is C24H23F2N5O. The second-order valence-electron chi connectivity index (χ2n) is 8.47. The Kier molecular flexibility index (Phi) is 5.07. The Bertz CT molecular complexity index is 1180. The molecule has 4 heterocycles. The number of nitrogens with zero attached hydrogens (tertiary/aromatic N) is 5. The lowest BCUT2D eigenvalue weighted by atomic mass is 9.82. The SMILES string of the molecule is Cc1cc(C)nc(N2C[C@@H]3CCN(C(=O)c4c(F)cccc4-c4ncccc4F)C[C@@H]32)n1. The van der Waals surface area contributed by atoms with Crippen molar-refractivity contribution < 1.29 is 13.6 Å². The minimum atomic E-state index is -0.678. The number of aromatic nitrogens is 3. The fourth-order valence-electron chi connectivity index (χ4n) is 4.73. The van der Waals surface area contributed by atoms with Gasteiger partial charge in [0.05, 0.1) is 11.6 Å². The van der Waals surface area contributed by atoms with Crippen LogP contribution in [0.1, 0.15) is 28.2 Å². The molecule has 5 rings (SSSR count). The molecule has 32 heavy (non-hydrogen) atoms. The largest absolute Gasteiger partial charge is 0.336 e. The summed E-state index contributed by atoms with van der Waals surface area (Å²) >= 11 is 0. The smallest absolute Gasteiger partial charge is 0.257 e. The maximum absolute atomic E-state index is 14.9. The van der Waals surface area contributed by atoms with Gasteiger partial charge in [0.1, 0.15) is 17.3 Å². The first-order valence-corrected chi connectivity index (χ1v) is 10.7. The first-order chi connectivity index (χ1) is 15.4. The number of rotatable bonds is 3. The van der Waals surface area contributed by atoms with E-state index in [0.717, 1.165) is 24.4 Å². The fourth-order valence-corrected chi connectivity index (χ4v) is 4.73. The Labute approximate surface area is 184 Å². The Morgan fingerprint density at radius 2 is 1.78 bits per heavy atom. The maximum atomic E-state index is 14.9. The Morgan fingerprint density at radius 1 is 1.03 bits per heavy atom. The molecule has 0 bridgehead atoms. The van der Waals surface area contributed by atoms with E-state index in [0.29, 0.717) is 25.0 Å². The zero-order valence-electron chi connectivity index (χ0n) is 17.9. The van der Waals surface area contributed by atoms with Gasteiger partial charge in [-0.1, -0.05) is 12.1 Å². The number of likely N-dealkylation sites (tertiary alicyclic amines) is 1. The van der Waals surface area contributed by atoms with E-state index in [-0.39, 0.29) is 22.9 Å². The van der Waals surface area contributed by atoms with E-state index in [4.69, 9.17) is 0 Å². The van der Waals surface area contributed by atoms with E-state index >= 15 is 0 Å². The van der Waals surface area contributed by atoms with Crippen molar-refractivity contribution >= 4 is 11.9 Å². The number of hydrogen-bond acceptors (Lipinski definition) is 5. The van der Waals surface area contributed by atoms with Gasteiger partial charge in [0, 0.05) is 48.7 Å². The van der Waals surface area contributed by atoms with Gasteiger partial charge in [0.25, 0.3) is 5.91 Å². The normalized spacial score (nSPS) is 20.0. The van der Waals surface area contributed by atoms with E-state index < -0.39 is 17.5 Å². The highest BCUT2D eigenvalue weighted by atomic mass is 19.1. The van der Waals surface area contributed by atoms with E-state index in [1.807, 2.05) is 19.9 Å². The highest BCUT2D eigenvalue weighted by Gasteiger charge is 2.45. The van der Waals surface area contributed by atoms with Gasteiger partial charge >= 0.3 is 0 Å². The summed E-state index contributed by atoms with van der Waals surface area (Å²) in [4.78, 5) is 30.4. The van der Waals surface area contributed by atoms with Crippen molar-refractivity contribution in [3.8, 4) is 11.3 Å². The van der Waals surface area contributed by atoms with Crippen molar-refractivity contribution in [1.29, 1.82) is 0 Å². The third-order valence-electron chi connectivity index (χ3n) is 6.31. The number of halogens is 2. The molecule has 1 amide bonds. The molecule has 2 fully saturated rings. The van der Waals surface area contributed by atoms with Gasteiger partial charge in [-0.15, -0.1) is 0 Å². The summed E-state index contributed by atoms with van der Waals surface area (Å²) in [6.45, 7) is 5.68. The average Bonchev–Trinajstić information content (AvgIpc) is 2.74. The number of aryl methyl sites for hydroxylation is 2. The summed E-state index contributed by atoms with van der Waals surface area (Å²) in [6.07, 6.45) is 2.25. The third kappa shape index (κ3) is 3.49.